The van der Waals surface area contributed by atoms with Crippen LogP contribution < -0.4 is 0 Å². The predicted molar refractivity (Wildman–Crippen MR) is 71.2 cm³/mol. The maximum atomic E-state index is 11.9. The molecule has 1 rings (SSSR count). The Morgan fingerprint density at radius 3 is 2.39 bits per heavy atom. The smallest absolute Gasteiger partial charge is 0.342 e. The van der Waals surface area contributed by atoms with Gasteiger partial charge in [-0.3, -0.25) is 4.79 Å². The first kappa shape index (κ1) is 14.7. The summed E-state index contributed by atoms with van der Waals surface area (Å²) in [6.45, 7) is 6.78. The lowest BCUT2D eigenvalue weighted by atomic mass is 9.97. The van der Waals surface area contributed by atoms with Crippen LogP contribution in [0.5, 0.6) is 0 Å². The zero-order valence-corrected chi connectivity index (χ0v) is 11.7. The Bertz CT molecular complexity index is 394. The highest BCUT2D eigenvalue weighted by Crippen LogP contribution is 2.21. The molecule has 0 saturated heterocycles. The Balaban J connectivity index is 2.89. The summed E-state index contributed by atoms with van der Waals surface area (Å²) in [6, 6.07) is 0. The maximum Gasteiger partial charge on any atom is 0.342 e. The molecular formula is C15H22O3. The van der Waals surface area contributed by atoms with Gasteiger partial charge in [0.1, 0.15) is 11.2 Å². The first-order valence-corrected chi connectivity index (χ1v) is 6.44. The average Bonchev–Trinajstić information content (AvgIpc) is 2.24. The third-order valence-electron chi connectivity index (χ3n) is 2.65. The molecule has 0 aliphatic heterocycles. The molecule has 1 aliphatic rings. The number of rotatable bonds is 3. The van der Waals surface area contributed by atoms with Gasteiger partial charge in [0, 0.05) is 0 Å². The monoisotopic (exact) mass is 250 g/mol. The molecule has 0 N–H and O–H groups in total. The van der Waals surface area contributed by atoms with Crippen molar-refractivity contribution in [2.75, 3.05) is 0 Å². The van der Waals surface area contributed by atoms with Crippen LogP contribution >= 0.6 is 0 Å². The van der Waals surface area contributed by atoms with Crippen molar-refractivity contribution in [3.8, 4) is 0 Å². The average molecular weight is 250 g/mol. The number of Topliss-reactive ketones (excluding diaryl/α,β-unsaturated/α-hetero) is 1. The maximum absolute atomic E-state index is 11.9. The van der Waals surface area contributed by atoms with E-state index in [9.17, 15) is 9.59 Å². The summed E-state index contributed by atoms with van der Waals surface area (Å²) in [5.74, 6) is -0.766. The minimum absolute atomic E-state index is 0.151. The molecule has 0 spiro atoms. The second kappa shape index (κ2) is 5.98. The molecule has 0 amide bonds. The van der Waals surface area contributed by atoms with E-state index in [0.29, 0.717) is 0 Å². The van der Waals surface area contributed by atoms with Crippen LogP contribution in [0.15, 0.2) is 23.3 Å². The normalized spacial score (nSPS) is 17.1. The molecule has 0 atom stereocenters. The van der Waals surface area contributed by atoms with Crippen LogP contribution in [0.1, 0.15) is 53.4 Å². The lowest BCUT2D eigenvalue weighted by Gasteiger charge is -2.20. The van der Waals surface area contributed by atoms with Gasteiger partial charge in [-0.05, 0) is 59.5 Å². The van der Waals surface area contributed by atoms with Crippen LogP contribution in [-0.2, 0) is 14.3 Å². The van der Waals surface area contributed by atoms with Crippen LogP contribution in [0, 0.1) is 0 Å². The fourth-order valence-corrected chi connectivity index (χ4v) is 1.82. The van der Waals surface area contributed by atoms with Gasteiger partial charge >= 0.3 is 5.97 Å². The molecule has 100 valence electrons. The van der Waals surface area contributed by atoms with E-state index in [2.05, 4.69) is 6.08 Å². The molecule has 0 heterocycles. The highest BCUT2D eigenvalue weighted by atomic mass is 16.6. The largest absolute Gasteiger partial charge is 0.456 e. The number of carbonyl (C=O) groups excluding carboxylic acids is 2. The third kappa shape index (κ3) is 4.86. The Labute approximate surface area is 109 Å². The van der Waals surface area contributed by atoms with Gasteiger partial charge in [-0.1, -0.05) is 11.6 Å². The summed E-state index contributed by atoms with van der Waals surface area (Å²) in [4.78, 5) is 23.5. The standard InChI is InChI=1S/C15H22O3/c1-11(16)13(14(17)18-15(2,3)4)10-12-8-6-5-7-9-12/h8,10H,5-7,9H2,1-4H3. The van der Waals surface area contributed by atoms with Crippen molar-refractivity contribution < 1.29 is 14.3 Å². The number of hydrogen-bond donors (Lipinski definition) is 0. The van der Waals surface area contributed by atoms with Crippen LogP contribution in [0.25, 0.3) is 0 Å². The Morgan fingerprint density at radius 2 is 1.94 bits per heavy atom. The van der Waals surface area contributed by atoms with Crippen LogP contribution in [-0.4, -0.2) is 17.4 Å². The van der Waals surface area contributed by atoms with Gasteiger partial charge < -0.3 is 4.74 Å². The third-order valence-corrected chi connectivity index (χ3v) is 2.65. The van der Waals surface area contributed by atoms with Crippen molar-refractivity contribution in [2.24, 2.45) is 0 Å². The van der Waals surface area contributed by atoms with E-state index in [1.165, 1.54) is 13.3 Å². The van der Waals surface area contributed by atoms with E-state index >= 15 is 0 Å². The van der Waals surface area contributed by atoms with Crippen molar-refractivity contribution in [1.29, 1.82) is 0 Å². The summed E-state index contributed by atoms with van der Waals surface area (Å²) in [6.07, 6.45) is 8.03. The Morgan fingerprint density at radius 1 is 1.28 bits per heavy atom. The molecule has 0 aromatic carbocycles. The molecule has 0 bridgehead atoms. The first-order chi connectivity index (χ1) is 8.29. The number of ether oxygens (including phenoxy) is 1. The molecule has 18 heavy (non-hydrogen) atoms. The molecule has 0 unspecified atom stereocenters. The Kier molecular flexibility index (Phi) is 4.88. The SMILES string of the molecule is CC(=O)C(=CC1=CCCCC1)C(=O)OC(C)(C)C. The Hall–Kier alpha value is -1.38. The molecule has 0 fully saturated rings. The fraction of sp³-hybridized carbons (Fsp3) is 0.600. The van der Waals surface area contributed by atoms with Crippen molar-refractivity contribution >= 4 is 11.8 Å². The summed E-state index contributed by atoms with van der Waals surface area (Å²) in [7, 11) is 0. The molecule has 0 saturated carbocycles. The topological polar surface area (TPSA) is 43.4 Å². The second-order valence-electron chi connectivity index (χ2n) is 5.64. The van der Waals surface area contributed by atoms with Gasteiger partial charge in [-0.25, -0.2) is 4.79 Å². The van der Waals surface area contributed by atoms with Crippen molar-refractivity contribution in [3.05, 3.63) is 23.3 Å². The van der Waals surface area contributed by atoms with E-state index in [-0.39, 0.29) is 11.4 Å². The van der Waals surface area contributed by atoms with Crippen LogP contribution in [0.4, 0.5) is 0 Å². The number of hydrogen-bond acceptors (Lipinski definition) is 3. The van der Waals surface area contributed by atoms with Crippen molar-refractivity contribution in [2.45, 2.75) is 59.0 Å². The summed E-state index contributed by atoms with van der Waals surface area (Å²) < 4.78 is 5.25. The van der Waals surface area contributed by atoms with Crippen molar-refractivity contribution in [3.63, 3.8) is 0 Å². The summed E-state index contributed by atoms with van der Waals surface area (Å²) in [5, 5.41) is 0. The van der Waals surface area contributed by atoms with Gasteiger partial charge in [0.25, 0.3) is 0 Å². The lowest BCUT2D eigenvalue weighted by molar-refractivity contribution is -0.150. The molecule has 0 aromatic rings. The molecule has 1 aliphatic carbocycles. The highest BCUT2D eigenvalue weighted by Gasteiger charge is 2.22. The quantitative estimate of drug-likeness (QED) is 0.334. The summed E-state index contributed by atoms with van der Waals surface area (Å²) >= 11 is 0. The minimum Gasteiger partial charge on any atom is -0.456 e. The highest BCUT2D eigenvalue weighted by molar-refractivity contribution is 6.16. The van der Waals surface area contributed by atoms with Gasteiger partial charge in [-0.2, -0.15) is 0 Å². The first-order valence-electron chi connectivity index (χ1n) is 6.44. The lowest BCUT2D eigenvalue weighted by Crippen LogP contribution is -2.26. The fourth-order valence-electron chi connectivity index (χ4n) is 1.82. The molecule has 3 heteroatoms. The number of esters is 1. The van der Waals surface area contributed by atoms with Gasteiger partial charge in [-0.15, -0.1) is 0 Å². The minimum atomic E-state index is -0.577. The number of allylic oxidation sites excluding steroid dienone is 3. The summed E-state index contributed by atoms with van der Waals surface area (Å²) in [5.41, 5.74) is 0.641. The van der Waals surface area contributed by atoms with Crippen molar-refractivity contribution in [1.82, 2.24) is 0 Å². The molecule has 3 nitrogen and oxygen atoms in total. The van der Waals surface area contributed by atoms with Crippen LogP contribution in [0.3, 0.4) is 0 Å². The van der Waals surface area contributed by atoms with E-state index in [0.717, 1.165) is 24.8 Å². The zero-order valence-electron chi connectivity index (χ0n) is 11.7. The zero-order chi connectivity index (χ0) is 13.8. The van der Waals surface area contributed by atoms with E-state index < -0.39 is 11.6 Å². The second-order valence-corrected chi connectivity index (χ2v) is 5.64. The molecule has 0 aromatic heterocycles. The van der Waals surface area contributed by atoms with Gasteiger partial charge in [0.15, 0.2) is 5.78 Å². The van der Waals surface area contributed by atoms with E-state index in [1.54, 1.807) is 26.8 Å². The van der Waals surface area contributed by atoms with Crippen LogP contribution in [0.2, 0.25) is 0 Å². The van der Waals surface area contributed by atoms with Gasteiger partial charge in [0.2, 0.25) is 0 Å². The van der Waals surface area contributed by atoms with Gasteiger partial charge in [0.05, 0.1) is 0 Å². The van der Waals surface area contributed by atoms with E-state index in [1.807, 2.05) is 0 Å². The number of ketones is 1. The molecule has 0 radical (unpaired) electrons. The van der Waals surface area contributed by atoms with E-state index in [4.69, 9.17) is 4.74 Å². The predicted octanol–water partition coefficient (Wildman–Crippen LogP) is 3.34. The number of carbonyl (C=O) groups is 2. The molecular weight excluding hydrogens is 228 g/mol.